The molecule has 10 heteroatoms. The number of carboxylic acid groups (broad SMARTS) is 1. The Morgan fingerprint density at radius 3 is 2.12 bits per heavy atom. The minimum absolute atomic E-state index is 0.306. The number of nitrogens with two attached hydrogens (primary N) is 2. The van der Waals surface area contributed by atoms with Gasteiger partial charge in [0.15, 0.2) is 0 Å². The second-order valence-electron chi connectivity index (χ2n) is 6.47. The van der Waals surface area contributed by atoms with Gasteiger partial charge in [0.25, 0.3) is 0 Å². The molecule has 0 aromatic rings. The molecule has 0 aliphatic heterocycles. The lowest BCUT2D eigenvalue weighted by atomic mass is 10.0. The first-order valence-corrected chi connectivity index (χ1v) is 8.66. The fourth-order valence-electron chi connectivity index (χ4n) is 2.09. The number of rotatable bonds is 12. The van der Waals surface area contributed by atoms with Crippen LogP contribution in [0.2, 0.25) is 0 Å². The first-order chi connectivity index (χ1) is 12.1. The van der Waals surface area contributed by atoms with Gasteiger partial charge in [-0.1, -0.05) is 20.3 Å². The van der Waals surface area contributed by atoms with Gasteiger partial charge in [-0.3, -0.25) is 14.4 Å². The van der Waals surface area contributed by atoms with Gasteiger partial charge >= 0.3 is 5.97 Å². The van der Waals surface area contributed by atoms with Crippen LogP contribution in [0.15, 0.2) is 0 Å². The van der Waals surface area contributed by atoms with Crippen LogP contribution in [0.3, 0.4) is 0 Å². The average Bonchev–Trinajstić information content (AvgIpc) is 2.56. The summed E-state index contributed by atoms with van der Waals surface area (Å²) in [5.74, 6) is -3.11. The van der Waals surface area contributed by atoms with Crippen molar-refractivity contribution in [3.05, 3.63) is 0 Å². The van der Waals surface area contributed by atoms with E-state index in [2.05, 4.69) is 16.0 Å². The Labute approximate surface area is 153 Å². The van der Waals surface area contributed by atoms with Crippen molar-refractivity contribution >= 4 is 23.7 Å². The highest BCUT2D eigenvalue weighted by Crippen LogP contribution is 2.02. The molecule has 0 heterocycles. The molecule has 3 atom stereocenters. The van der Waals surface area contributed by atoms with Crippen LogP contribution in [-0.4, -0.2) is 60.0 Å². The third-order valence-electron chi connectivity index (χ3n) is 3.73. The lowest BCUT2D eigenvalue weighted by molar-refractivity contribution is -0.143. The number of amides is 3. The topological polar surface area (TPSA) is 177 Å². The summed E-state index contributed by atoms with van der Waals surface area (Å²) in [5.41, 5.74) is 11.1. The first-order valence-electron chi connectivity index (χ1n) is 8.66. The van der Waals surface area contributed by atoms with Gasteiger partial charge < -0.3 is 32.5 Å². The third kappa shape index (κ3) is 9.33. The van der Waals surface area contributed by atoms with E-state index in [1.807, 2.05) is 0 Å². The van der Waals surface area contributed by atoms with Gasteiger partial charge in [-0.25, -0.2) is 4.79 Å². The standard InChI is InChI=1S/C16H31N5O5/c1-9(2)13(16(25)26)21-14(23)10(3)20-12(22)8-19-15(24)11(18)6-4-5-7-17/h9-11,13H,4-8,17-18H2,1-3H3,(H,19,24)(H,20,22)(H,21,23)(H,25,26). The number of carboxylic acids is 1. The maximum Gasteiger partial charge on any atom is 0.326 e. The number of unbranched alkanes of at least 4 members (excludes halogenated alkanes) is 1. The van der Waals surface area contributed by atoms with E-state index in [1.165, 1.54) is 6.92 Å². The average molecular weight is 373 g/mol. The SMILES string of the molecule is CC(NC(=O)CNC(=O)C(N)CCCCN)C(=O)NC(C(=O)O)C(C)C. The maximum absolute atomic E-state index is 12.0. The quantitative estimate of drug-likeness (QED) is 0.221. The first kappa shape index (κ1) is 23.8. The van der Waals surface area contributed by atoms with Crippen molar-refractivity contribution in [2.45, 2.75) is 58.2 Å². The van der Waals surface area contributed by atoms with Gasteiger partial charge in [0, 0.05) is 0 Å². The Kier molecular flexibility index (Phi) is 11.2. The van der Waals surface area contributed by atoms with Crippen LogP contribution in [0, 0.1) is 5.92 Å². The fraction of sp³-hybridized carbons (Fsp3) is 0.750. The molecular formula is C16H31N5O5. The van der Waals surface area contributed by atoms with E-state index in [0.717, 1.165) is 12.8 Å². The largest absolute Gasteiger partial charge is 0.480 e. The molecule has 8 N–H and O–H groups in total. The van der Waals surface area contributed by atoms with Crippen LogP contribution >= 0.6 is 0 Å². The van der Waals surface area contributed by atoms with Crippen LogP contribution in [0.5, 0.6) is 0 Å². The number of nitrogens with one attached hydrogen (secondary N) is 3. The summed E-state index contributed by atoms with van der Waals surface area (Å²) in [6.07, 6.45) is 1.95. The summed E-state index contributed by atoms with van der Waals surface area (Å²) in [4.78, 5) is 46.7. The summed E-state index contributed by atoms with van der Waals surface area (Å²) >= 11 is 0. The summed E-state index contributed by atoms with van der Waals surface area (Å²) < 4.78 is 0. The summed E-state index contributed by atoms with van der Waals surface area (Å²) in [6.45, 7) is 4.94. The van der Waals surface area contributed by atoms with Gasteiger partial charge in [-0.2, -0.15) is 0 Å². The monoisotopic (exact) mass is 373 g/mol. The number of hydrogen-bond donors (Lipinski definition) is 6. The van der Waals surface area contributed by atoms with Crippen LogP contribution < -0.4 is 27.4 Å². The zero-order valence-electron chi connectivity index (χ0n) is 15.6. The van der Waals surface area contributed by atoms with E-state index in [9.17, 15) is 19.2 Å². The van der Waals surface area contributed by atoms with Crippen LogP contribution in [0.4, 0.5) is 0 Å². The van der Waals surface area contributed by atoms with E-state index < -0.39 is 41.8 Å². The van der Waals surface area contributed by atoms with Crippen LogP contribution in [0.25, 0.3) is 0 Å². The van der Waals surface area contributed by atoms with E-state index in [0.29, 0.717) is 13.0 Å². The van der Waals surface area contributed by atoms with Gasteiger partial charge in [0.05, 0.1) is 12.6 Å². The minimum Gasteiger partial charge on any atom is -0.480 e. The summed E-state index contributed by atoms with van der Waals surface area (Å²) in [7, 11) is 0. The number of carbonyl (C=O) groups is 4. The molecule has 0 spiro atoms. The van der Waals surface area contributed by atoms with Gasteiger partial charge in [0.2, 0.25) is 17.7 Å². The Hall–Kier alpha value is -2.20. The van der Waals surface area contributed by atoms with E-state index in [-0.39, 0.29) is 12.5 Å². The van der Waals surface area contributed by atoms with Crippen molar-refractivity contribution < 1.29 is 24.3 Å². The second kappa shape index (κ2) is 12.2. The highest BCUT2D eigenvalue weighted by molar-refractivity contribution is 5.92. The molecular weight excluding hydrogens is 342 g/mol. The number of aliphatic carboxylic acids is 1. The molecule has 150 valence electrons. The Bertz CT molecular complexity index is 497. The van der Waals surface area contributed by atoms with Crippen LogP contribution in [-0.2, 0) is 19.2 Å². The summed E-state index contributed by atoms with van der Waals surface area (Å²) in [5, 5.41) is 16.2. The van der Waals surface area contributed by atoms with Gasteiger partial charge in [-0.05, 0) is 32.2 Å². The molecule has 0 rings (SSSR count). The predicted octanol–water partition coefficient (Wildman–Crippen LogP) is -1.71. The van der Waals surface area contributed by atoms with Gasteiger partial charge in [0.1, 0.15) is 12.1 Å². The molecule has 0 radical (unpaired) electrons. The molecule has 3 unspecified atom stereocenters. The molecule has 10 nitrogen and oxygen atoms in total. The Balaban J connectivity index is 4.31. The zero-order chi connectivity index (χ0) is 20.3. The Morgan fingerprint density at radius 1 is 1.00 bits per heavy atom. The minimum atomic E-state index is -1.15. The van der Waals surface area contributed by atoms with E-state index >= 15 is 0 Å². The fourth-order valence-corrected chi connectivity index (χ4v) is 2.09. The molecule has 0 saturated heterocycles. The molecule has 0 aromatic heterocycles. The van der Waals surface area contributed by atoms with Crippen molar-refractivity contribution in [1.82, 2.24) is 16.0 Å². The molecule has 0 fully saturated rings. The zero-order valence-corrected chi connectivity index (χ0v) is 15.6. The lowest BCUT2D eigenvalue weighted by Crippen LogP contribution is -2.53. The molecule has 0 bridgehead atoms. The molecule has 0 aliphatic rings. The van der Waals surface area contributed by atoms with Gasteiger partial charge in [-0.15, -0.1) is 0 Å². The number of hydrogen-bond acceptors (Lipinski definition) is 6. The molecule has 0 saturated carbocycles. The second-order valence-corrected chi connectivity index (χ2v) is 6.47. The lowest BCUT2D eigenvalue weighted by Gasteiger charge is -2.21. The summed E-state index contributed by atoms with van der Waals surface area (Å²) in [6, 6.07) is -2.72. The van der Waals surface area contributed by atoms with Crippen molar-refractivity contribution in [3.8, 4) is 0 Å². The van der Waals surface area contributed by atoms with E-state index in [4.69, 9.17) is 16.6 Å². The van der Waals surface area contributed by atoms with E-state index in [1.54, 1.807) is 13.8 Å². The highest BCUT2D eigenvalue weighted by atomic mass is 16.4. The molecule has 0 aromatic carbocycles. The van der Waals surface area contributed by atoms with Crippen molar-refractivity contribution in [1.29, 1.82) is 0 Å². The van der Waals surface area contributed by atoms with Crippen molar-refractivity contribution in [2.75, 3.05) is 13.1 Å². The van der Waals surface area contributed by atoms with Crippen molar-refractivity contribution in [3.63, 3.8) is 0 Å². The predicted molar refractivity (Wildman–Crippen MR) is 95.9 cm³/mol. The Morgan fingerprint density at radius 2 is 1.62 bits per heavy atom. The molecule has 0 aliphatic carbocycles. The number of carbonyl (C=O) groups excluding carboxylic acids is 3. The smallest absolute Gasteiger partial charge is 0.326 e. The normalized spacial score (nSPS) is 14.2. The van der Waals surface area contributed by atoms with Crippen LogP contribution in [0.1, 0.15) is 40.0 Å². The maximum atomic E-state index is 12.0. The molecule has 3 amide bonds. The van der Waals surface area contributed by atoms with Crippen molar-refractivity contribution in [2.24, 2.45) is 17.4 Å². The molecule has 26 heavy (non-hydrogen) atoms. The third-order valence-corrected chi connectivity index (χ3v) is 3.73. The highest BCUT2D eigenvalue weighted by Gasteiger charge is 2.26.